The molecule has 16 heteroatoms. The molecule has 2 heterocycles. The number of fused-ring (bicyclic) bond motifs is 2. The van der Waals surface area contributed by atoms with Crippen LogP contribution in [0.2, 0.25) is 0 Å². The molecule has 164 valence electrons. The minimum absolute atomic E-state index is 0. The number of oxime groups is 1. The number of carbonyl (C=O) groups excluding carboxylic acids is 3. The zero-order valence-corrected chi connectivity index (χ0v) is 19.8. The Balaban J connectivity index is 0.00000450. The van der Waals surface area contributed by atoms with E-state index in [1.54, 1.807) is 20.8 Å². The van der Waals surface area contributed by atoms with Gasteiger partial charge in [-0.3, -0.25) is 4.79 Å². The van der Waals surface area contributed by atoms with Gasteiger partial charge in [-0.15, -0.1) is 0 Å². The number of amides is 4. The summed E-state index contributed by atoms with van der Waals surface area (Å²) < 4.78 is 41.9. The first-order valence-corrected chi connectivity index (χ1v) is 9.82. The molecule has 14 nitrogen and oxygen atoms in total. The summed E-state index contributed by atoms with van der Waals surface area (Å²) in [5, 5.41) is 6.56. The molecule has 0 aromatic rings. The van der Waals surface area contributed by atoms with Crippen molar-refractivity contribution in [3.63, 3.8) is 0 Å². The zero-order valence-electron chi connectivity index (χ0n) is 17.0. The number of urea groups is 1. The third kappa shape index (κ3) is 7.24. The molecule has 2 bridgehead atoms. The largest absolute Gasteiger partial charge is 1.00 e. The number of nitrogens with one attached hydrogen (secondary N) is 1. The molecule has 0 spiro atoms. The number of hydrogen-bond donors (Lipinski definition) is 2. The van der Waals surface area contributed by atoms with Gasteiger partial charge in [0.25, 0.3) is 0 Å². The number of nitrogens with zero attached hydrogens (tertiary/aromatic N) is 3. The van der Waals surface area contributed by atoms with Gasteiger partial charge >= 0.3 is 41.7 Å². The standard InChI is InChI=1S/C14H23N5O9S.Na/c1-14(2,3)27-12(21)16-4-5-26-17-8-6-9(11(15)20)18-7-10(8)19(13(18)22)28-29(23,24)25;/h9-10H,4-7H2,1-3H3,(H2,15,20)(H,16,21)(H,23,24,25);/q;+1/p-1/t9-,10-;/m0./s1. The Kier molecular flexibility index (Phi) is 8.89. The maximum atomic E-state index is 12.2. The van der Waals surface area contributed by atoms with Crippen LogP contribution in [0.4, 0.5) is 9.59 Å². The molecule has 2 saturated heterocycles. The second kappa shape index (κ2) is 10.1. The molecule has 2 fully saturated rings. The molecule has 3 N–H and O–H groups in total. The molecule has 0 unspecified atom stereocenters. The van der Waals surface area contributed by atoms with Crippen LogP contribution in [-0.2, 0) is 29.1 Å². The van der Waals surface area contributed by atoms with Crippen molar-refractivity contribution in [1.82, 2.24) is 15.3 Å². The topological polar surface area (TPSA) is 193 Å². The zero-order chi connectivity index (χ0) is 22.0. The molecule has 2 rings (SSSR count). The van der Waals surface area contributed by atoms with Crippen LogP contribution in [0, 0.1) is 0 Å². The summed E-state index contributed by atoms with van der Waals surface area (Å²) in [4.78, 5) is 41.5. The van der Waals surface area contributed by atoms with Crippen molar-refractivity contribution < 1.29 is 70.8 Å². The van der Waals surface area contributed by atoms with E-state index in [1.165, 1.54) is 0 Å². The number of hydroxylamine groups is 2. The predicted octanol–water partition coefficient (Wildman–Crippen LogP) is -4.36. The average molecular weight is 459 g/mol. The average Bonchev–Trinajstić information content (AvgIpc) is 2.79. The Morgan fingerprint density at radius 2 is 2.00 bits per heavy atom. The summed E-state index contributed by atoms with van der Waals surface area (Å²) in [5.74, 6) is -0.845. The van der Waals surface area contributed by atoms with Gasteiger partial charge in [0.15, 0.2) is 0 Å². The SMILES string of the molecule is CC(C)(C)OC(=O)NCCON=C1C[C@@H](C(N)=O)N2C[C@@H]1N(OS(=O)(=O)[O-])C2=O.[Na+]. The van der Waals surface area contributed by atoms with Crippen LogP contribution in [0.15, 0.2) is 5.16 Å². The van der Waals surface area contributed by atoms with Crippen molar-refractivity contribution in [2.45, 2.75) is 44.9 Å². The maximum Gasteiger partial charge on any atom is 1.00 e. The summed E-state index contributed by atoms with van der Waals surface area (Å²) in [7, 11) is -5.24. The van der Waals surface area contributed by atoms with Crippen LogP contribution in [0.1, 0.15) is 27.2 Å². The maximum absolute atomic E-state index is 12.2. The van der Waals surface area contributed by atoms with Crippen molar-refractivity contribution in [3.8, 4) is 0 Å². The van der Waals surface area contributed by atoms with E-state index in [0.29, 0.717) is 5.06 Å². The van der Waals surface area contributed by atoms with Crippen LogP contribution in [0.3, 0.4) is 0 Å². The van der Waals surface area contributed by atoms with E-state index in [1.807, 2.05) is 0 Å². The van der Waals surface area contributed by atoms with Crippen molar-refractivity contribution >= 4 is 34.1 Å². The monoisotopic (exact) mass is 459 g/mol. The molecule has 2 aliphatic rings. The normalized spacial score (nSPS) is 22.5. The summed E-state index contributed by atoms with van der Waals surface area (Å²) in [6.07, 6.45) is -0.790. The van der Waals surface area contributed by atoms with Crippen molar-refractivity contribution in [2.24, 2.45) is 10.9 Å². The van der Waals surface area contributed by atoms with E-state index >= 15 is 0 Å². The summed E-state index contributed by atoms with van der Waals surface area (Å²) in [6, 6.07) is -3.17. The van der Waals surface area contributed by atoms with Crippen LogP contribution in [0.5, 0.6) is 0 Å². The Labute approximate surface area is 195 Å². The van der Waals surface area contributed by atoms with Crippen LogP contribution in [-0.4, -0.2) is 84.1 Å². The van der Waals surface area contributed by atoms with Gasteiger partial charge in [-0.2, -0.15) is 9.35 Å². The molecular weight excluding hydrogens is 437 g/mol. The minimum Gasteiger partial charge on any atom is -0.724 e. The number of piperidine rings is 1. The second-order valence-corrected chi connectivity index (χ2v) is 8.19. The number of alkyl carbamates (subject to hydrolysis) is 1. The summed E-state index contributed by atoms with van der Waals surface area (Å²) in [5.41, 5.74) is 4.70. The van der Waals surface area contributed by atoms with Crippen LogP contribution >= 0.6 is 0 Å². The van der Waals surface area contributed by atoms with Gasteiger partial charge in [0, 0.05) is 6.42 Å². The van der Waals surface area contributed by atoms with Gasteiger partial charge in [0.1, 0.15) is 24.3 Å². The smallest absolute Gasteiger partial charge is 0.724 e. The third-order valence-electron chi connectivity index (χ3n) is 3.79. The quantitative estimate of drug-likeness (QED) is 0.124. The molecule has 0 aliphatic carbocycles. The van der Waals surface area contributed by atoms with Gasteiger partial charge in [0.2, 0.25) is 16.3 Å². The molecule has 0 saturated carbocycles. The Morgan fingerprint density at radius 3 is 2.53 bits per heavy atom. The summed E-state index contributed by atoms with van der Waals surface area (Å²) >= 11 is 0. The van der Waals surface area contributed by atoms with Crippen LogP contribution < -0.4 is 40.6 Å². The first-order chi connectivity index (χ1) is 13.3. The Morgan fingerprint density at radius 1 is 1.37 bits per heavy atom. The van der Waals surface area contributed by atoms with Gasteiger partial charge in [-0.25, -0.2) is 18.0 Å². The first kappa shape index (κ1) is 26.4. The molecule has 0 aromatic heterocycles. The van der Waals surface area contributed by atoms with Gasteiger partial charge in [-0.05, 0) is 20.8 Å². The van der Waals surface area contributed by atoms with Gasteiger partial charge in [0.05, 0.1) is 18.8 Å². The second-order valence-electron chi connectivity index (χ2n) is 7.23. The van der Waals surface area contributed by atoms with Crippen LogP contribution in [0.25, 0.3) is 0 Å². The third-order valence-corrected chi connectivity index (χ3v) is 4.14. The number of primary amides is 1. The predicted molar refractivity (Wildman–Crippen MR) is 93.7 cm³/mol. The van der Waals surface area contributed by atoms with Crippen molar-refractivity contribution in [3.05, 3.63) is 0 Å². The van der Waals surface area contributed by atoms with E-state index in [9.17, 15) is 27.4 Å². The fourth-order valence-corrected chi connectivity index (χ4v) is 3.08. The first-order valence-electron chi connectivity index (χ1n) is 8.48. The van der Waals surface area contributed by atoms with E-state index in [-0.39, 0.29) is 61.4 Å². The van der Waals surface area contributed by atoms with E-state index < -0.39 is 46.1 Å². The number of nitrogens with two attached hydrogens (primary N) is 1. The van der Waals surface area contributed by atoms with Gasteiger partial charge in [-0.1, -0.05) is 5.16 Å². The minimum atomic E-state index is -5.24. The summed E-state index contributed by atoms with van der Waals surface area (Å²) in [6.45, 7) is 4.89. The molecule has 2 atom stereocenters. The van der Waals surface area contributed by atoms with Crippen molar-refractivity contribution in [1.29, 1.82) is 0 Å². The van der Waals surface area contributed by atoms with Crippen molar-refractivity contribution in [2.75, 3.05) is 19.7 Å². The van der Waals surface area contributed by atoms with E-state index in [4.69, 9.17) is 15.3 Å². The molecule has 4 amide bonds. The van der Waals surface area contributed by atoms with Gasteiger partial charge < -0.3 is 30.1 Å². The number of carbonyl (C=O) groups is 3. The number of hydrogen-bond acceptors (Lipinski definition) is 10. The van der Waals surface area contributed by atoms with E-state index in [0.717, 1.165) is 4.90 Å². The molecule has 2 aliphatic heterocycles. The van der Waals surface area contributed by atoms with E-state index in [2.05, 4.69) is 14.8 Å². The number of rotatable bonds is 7. The molecule has 0 radical (unpaired) electrons. The fourth-order valence-electron chi connectivity index (χ4n) is 2.72. The Hall–Kier alpha value is -1.65. The molecule has 30 heavy (non-hydrogen) atoms. The fraction of sp³-hybridized carbons (Fsp3) is 0.714. The molecule has 0 aromatic carbocycles. The molecular formula is C14H22N5NaO9S. The Bertz CT molecular complexity index is 813. The number of ether oxygens (including phenoxy) is 1.